The Morgan fingerprint density at radius 2 is 1.63 bits per heavy atom. The van der Waals surface area contributed by atoms with Crippen molar-refractivity contribution in [3.8, 4) is 0 Å². The number of likely N-dealkylation sites (N-methyl/N-ethyl adjacent to an activating group) is 1. The molecule has 1 N–H and O–H groups in total. The molecule has 30 heavy (non-hydrogen) atoms. The van der Waals surface area contributed by atoms with Crippen molar-refractivity contribution in [1.29, 1.82) is 0 Å². The predicted molar refractivity (Wildman–Crippen MR) is 121 cm³/mol. The lowest BCUT2D eigenvalue weighted by atomic mass is 10.1. The molecule has 6 nitrogen and oxygen atoms in total. The van der Waals surface area contributed by atoms with E-state index in [0.29, 0.717) is 12.8 Å². The Hall–Kier alpha value is -2.09. The third kappa shape index (κ3) is 7.63. The fourth-order valence-corrected chi connectivity index (χ4v) is 4.62. The molecule has 0 saturated heterocycles. The monoisotopic (exact) mass is 470 g/mol. The fourth-order valence-electron chi connectivity index (χ4n) is 2.84. The van der Waals surface area contributed by atoms with Crippen LogP contribution >= 0.6 is 23.2 Å². The maximum atomic E-state index is 12.5. The van der Waals surface area contributed by atoms with Gasteiger partial charge in [-0.1, -0.05) is 59.6 Å². The number of hydrogen-bond donors (Lipinski definition) is 1. The molecular formula is C21H24Cl2N2O4S. The topological polar surface area (TPSA) is 83.6 Å². The number of amides is 2. The zero-order valence-corrected chi connectivity index (χ0v) is 18.9. The molecule has 162 valence electrons. The molecule has 0 atom stereocenters. The van der Waals surface area contributed by atoms with Crippen LogP contribution in [0.5, 0.6) is 0 Å². The lowest BCUT2D eigenvalue weighted by Gasteiger charge is -2.20. The van der Waals surface area contributed by atoms with Gasteiger partial charge < -0.3 is 10.2 Å². The van der Waals surface area contributed by atoms with Crippen molar-refractivity contribution >= 4 is 50.5 Å². The molecule has 0 aliphatic heterocycles. The second-order valence-electron chi connectivity index (χ2n) is 6.73. The summed E-state index contributed by atoms with van der Waals surface area (Å²) in [6, 6.07) is 14.3. The number of anilines is 1. The van der Waals surface area contributed by atoms with Gasteiger partial charge in [-0.25, -0.2) is 8.42 Å². The number of halogens is 2. The van der Waals surface area contributed by atoms with E-state index in [1.165, 1.54) is 4.90 Å². The van der Waals surface area contributed by atoms with Crippen LogP contribution in [0, 0.1) is 0 Å². The number of carbonyl (C=O) groups excluding carboxylic acids is 2. The van der Waals surface area contributed by atoms with Crippen molar-refractivity contribution in [2.24, 2.45) is 0 Å². The lowest BCUT2D eigenvalue weighted by molar-refractivity contribution is -0.132. The minimum atomic E-state index is -3.58. The molecule has 2 rings (SSSR count). The zero-order valence-electron chi connectivity index (χ0n) is 16.6. The minimum Gasteiger partial charge on any atom is -0.333 e. The van der Waals surface area contributed by atoms with Gasteiger partial charge in [0.25, 0.3) is 0 Å². The zero-order chi connectivity index (χ0) is 22.1. The van der Waals surface area contributed by atoms with Crippen LogP contribution in [0.4, 0.5) is 5.69 Å². The molecule has 0 spiro atoms. The summed E-state index contributed by atoms with van der Waals surface area (Å²) in [5.74, 6) is -1.85. The first-order chi connectivity index (χ1) is 14.2. The van der Waals surface area contributed by atoms with Gasteiger partial charge in [0.2, 0.25) is 11.8 Å². The van der Waals surface area contributed by atoms with Crippen LogP contribution in [0.15, 0.2) is 48.5 Å². The smallest absolute Gasteiger partial charge is 0.244 e. The van der Waals surface area contributed by atoms with Gasteiger partial charge in [0.15, 0.2) is 9.84 Å². The highest BCUT2D eigenvalue weighted by molar-refractivity contribution is 7.92. The van der Waals surface area contributed by atoms with Gasteiger partial charge in [0.05, 0.1) is 28.0 Å². The molecule has 2 aromatic rings. The summed E-state index contributed by atoms with van der Waals surface area (Å²) in [5, 5.41) is 3.11. The lowest BCUT2D eigenvalue weighted by Crippen LogP contribution is -2.41. The van der Waals surface area contributed by atoms with Gasteiger partial charge in [0.1, 0.15) is 5.75 Å². The Balaban J connectivity index is 1.89. The standard InChI is InChI=1S/C21H24Cl2N2O4S/c1-2-25(14-19(26)24-21-17(22)11-6-12-18(21)23)20(27)15-30(28,29)13-7-10-16-8-4-3-5-9-16/h3-6,8-9,11-12H,2,7,10,13-15H2,1H3,(H,24,26). The molecule has 0 aliphatic rings. The SMILES string of the molecule is CCN(CC(=O)Nc1c(Cl)cccc1Cl)C(=O)CS(=O)(=O)CCCc1ccccc1. The number of rotatable bonds is 10. The molecule has 0 fully saturated rings. The normalized spacial score (nSPS) is 11.2. The number of carbonyl (C=O) groups is 2. The largest absolute Gasteiger partial charge is 0.333 e. The van der Waals surface area contributed by atoms with E-state index >= 15 is 0 Å². The van der Waals surface area contributed by atoms with Crippen LogP contribution in [-0.2, 0) is 25.8 Å². The summed E-state index contributed by atoms with van der Waals surface area (Å²) in [5.41, 5.74) is 1.30. The summed E-state index contributed by atoms with van der Waals surface area (Å²) in [7, 11) is -3.58. The highest BCUT2D eigenvalue weighted by Gasteiger charge is 2.23. The average molecular weight is 471 g/mol. The summed E-state index contributed by atoms with van der Waals surface area (Å²) in [6.45, 7) is 1.58. The van der Waals surface area contributed by atoms with E-state index in [0.717, 1.165) is 5.56 Å². The average Bonchev–Trinajstić information content (AvgIpc) is 2.69. The molecule has 0 aliphatic carbocycles. The van der Waals surface area contributed by atoms with E-state index in [9.17, 15) is 18.0 Å². The van der Waals surface area contributed by atoms with Crippen LogP contribution < -0.4 is 5.32 Å². The predicted octanol–water partition coefficient (Wildman–Crippen LogP) is 3.83. The summed E-state index contributed by atoms with van der Waals surface area (Å²) >= 11 is 12.1. The molecule has 0 heterocycles. The molecule has 2 amide bonds. The van der Waals surface area contributed by atoms with Crippen LogP contribution in [0.1, 0.15) is 18.9 Å². The van der Waals surface area contributed by atoms with Gasteiger partial charge in [-0.15, -0.1) is 0 Å². The molecule has 2 aromatic carbocycles. The Bertz CT molecular complexity index is 962. The maximum absolute atomic E-state index is 12.5. The quantitative estimate of drug-likeness (QED) is 0.571. The van der Waals surface area contributed by atoms with Crippen molar-refractivity contribution in [1.82, 2.24) is 4.90 Å². The Labute approximate surface area is 187 Å². The second-order valence-corrected chi connectivity index (χ2v) is 9.73. The van der Waals surface area contributed by atoms with Gasteiger partial charge >= 0.3 is 0 Å². The van der Waals surface area contributed by atoms with Crippen molar-refractivity contribution in [3.63, 3.8) is 0 Å². The highest BCUT2D eigenvalue weighted by atomic mass is 35.5. The third-order valence-electron chi connectivity index (χ3n) is 4.40. The number of nitrogens with one attached hydrogen (secondary N) is 1. The number of nitrogens with zero attached hydrogens (tertiary/aromatic N) is 1. The van der Waals surface area contributed by atoms with Crippen LogP contribution in [-0.4, -0.2) is 49.7 Å². The molecular weight excluding hydrogens is 447 g/mol. The van der Waals surface area contributed by atoms with Gasteiger partial charge in [-0.2, -0.15) is 0 Å². The number of para-hydroxylation sites is 1. The number of benzene rings is 2. The van der Waals surface area contributed by atoms with Gasteiger partial charge in [0, 0.05) is 6.54 Å². The molecule has 0 radical (unpaired) electrons. The fraction of sp³-hybridized carbons (Fsp3) is 0.333. The van der Waals surface area contributed by atoms with Crippen molar-refractivity contribution in [2.75, 3.05) is 29.9 Å². The van der Waals surface area contributed by atoms with Crippen LogP contribution in [0.3, 0.4) is 0 Å². The maximum Gasteiger partial charge on any atom is 0.244 e. The van der Waals surface area contributed by atoms with Gasteiger partial charge in [-0.3, -0.25) is 9.59 Å². The van der Waals surface area contributed by atoms with Crippen molar-refractivity contribution in [2.45, 2.75) is 19.8 Å². The third-order valence-corrected chi connectivity index (χ3v) is 6.63. The van der Waals surface area contributed by atoms with Crippen molar-refractivity contribution in [3.05, 3.63) is 64.1 Å². The van der Waals surface area contributed by atoms with E-state index in [1.54, 1.807) is 25.1 Å². The highest BCUT2D eigenvalue weighted by Crippen LogP contribution is 2.29. The number of aryl methyl sites for hydroxylation is 1. The first kappa shape index (κ1) is 24.2. The molecule has 0 bridgehead atoms. The second kappa shape index (κ2) is 11.3. The minimum absolute atomic E-state index is 0.0907. The number of sulfone groups is 1. The Morgan fingerprint density at radius 3 is 2.23 bits per heavy atom. The molecule has 0 unspecified atom stereocenters. The summed E-state index contributed by atoms with van der Waals surface area (Å²) in [4.78, 5) is 26.0. The van der Waals surface area contributed by atoms with Crippen LogP contribution in [0.25, 0.3) is 0 Å². The first-order valence-electron chi connectivity index (χ1n) is 9.48. The van der Waals surface area contributed by atoms with Crippen molar-refractivity contribution < 1.29 is 18.0 Å². The van der Waals surface area contributed by atoms with E-state index in [2.05, 4.69) is 5.32 Å². The molecule has 0 aromatic heterocycles. The summed E-state index contributed by atoms with van der Waals surface area (Å²) in [6.07, 6.45) is 1.05. The Morgan fingerprint density at radius 1 is 1.00 bits per heavy atom. The van der Waals surface area contributed by atoms with E-state index in [4.69, 9.17) is 23.2 Å². The summed E-state index contributed by atoms with van der Waals surface area (Å²) < 4.78 is 24.7. The van der Waals surface area contributed by atoms with E-state index < -0.39 is 27.4 Å². The number of hydrogen-bond acceptors (Lipinski definition) is 4. The van der Waals surface area contributed by atoms with E-state index in [1.807, 2.05) is 30.3 Å². The van der Waals surface area contributed by atoms with Gasteiger partial charge in [-0.05, 0) is 37.5 Å². The Kier molecular flexibility index (Phi) is 9.14. The van der Waals surface area contributed by atoms with E-state index in [-0.39, 0.29) is 34.6 Å². The molecule has 0 saturated carbocycles. The van der Waals surface area contributed by atoms with Crippen LogP contribution in [0.2, 0.25) is 10.0 Å². The first-order valence-corrected chi connectivity index (χ1v) is 12.1. The molecule has 9 heteroatoms.